The summed E-state index contributed by atoms with van der Waals surface area (Å²) in [5.74, 6) is 1.10. The van der Waals surface area contributed by atoms with Gasteiger partial charge in [-0.3, -0.25) is 10.1 Å². The highest BCUT2D eigenvalue weighted by Gasteiger charge is 2.18. The van der Waals surface area contributed by atoms with Crippen LogP contribution in [0.3, 0.4) is 0 Å². The summed E-state index contributed by atoms with van der Waals surface area (Å²) in [6.45, 7) is 4.02. The van der Waals surface area contributed by atoms with E-state index in [1.807, 2.05) is 19.1 Å². The molecule has 164 valence electrons. The van der Waals surface area contributed by atoms with Crippen molar-refractivity contribution >= 4 is 22.6 Å². The van der Waals surface area contributed by atoms with Crippen LogP contribution in [0, 0.1) is 6.92 Å². The average Bonchev–Trinajstić information content (AvgIpc) is 3.44. The molecule has 9 nitrogen and oxygen atoms in total. The number of rotatable bonds is 7. The monoisotopic (exact) mass is 450 g/mol. The van der Waals surface area contributed by atoms with Gasteiger partial charge in [-0.25, -0.2) is 4.68 Å². The highest BCUT2D eigenvalue weighted by molar-refractivity contribution is 7.10. The molecule has 0 radical (unpaired) electrons. The Morgan fingerprint density at radius 1 is 1.09 bits per heavy atom. The number of ether oxygens (including phenoxy) is 2. The summed E-state index contributed by atoms with van der Waals surface area (Å²) in [4.78, 5) is 17.1. The van der Waals surface area contributed by atoms with Crippen LogP contribution < -0.4 is 14.8 Å². The summed E-state index contributed by atoms with van der Waals surface area (Å²) in [5, 5.41) is 11.6. The Balaban J connectivity index is 1.54. The van der Waals surface area contributed by atoms with Gasteiger partial charge >= 0.3 is 0 Å². The highest BCUT2D eigenvalue weighted by atomic mass is 32.1. The number of nitrogens with zero attached hydrogens (tertiary/aromatic N) is 5. The maximum Gasteiger partial charge on any atom is 0.257 e. The minimum Gasteiger partial charge on any atom is -0.497 e. The lowest BCUT2D eigenvalue weighted by atomic mass is 10.1. The van der Waals surface area contributed by atoms with E-state index in [4.69, 9.17) is 9.47 Å². The fourth-order valence-corrected chi connectivity index (χ4v) is 3.70. The molecule has 4 rings (SSSR count). The molecule has 2 aromatic heterocycles. The third-order valence-electron chi connectivity index (χ3n) is 4.96. The van der Waals surface area contributed by atoms with Gasteiger partial charge in [0.1, 0.15) is 11.5 Å². The largest absolute Gasteiger partial charge is 0.497 e. The van der Waals surface area contributed by atoms with Crippen LogP contribution in [-0.4, -0.2) is 44.5 Å². The number of aryl methyl sites for hydroxylation is 1. The van der Waals surface area contributed by atoms with Gasteiger partial charge in [0.2, 0.25) is 5.13 Å². The van der Waals surface area contributed by atoms with E-state index >= 15 is 0 Å². The highest BCUT2D eigenvalue weighted by Crippen LogP contribution is 2.26. The predicted molar refractivity (Wildman–Crippen MR) is 122 cm³/mol. The fraction of sp³-hybridized carbons (Fsp3) is 0.227. The van der Waals surface area contributed by atoms with Crippen LogP contribution in [0.5, 0.6) is 11.5 Å². The van der Waals surface area contributed by atoms with Crippen LogP contribution in [-0.2, 0) is 6.42 Å². The molecule has 0 unspecified atom stereocenters. The molecule has 0 aliphatic heterocycles. The molecular weight excluding hydrogens is 428 g/mol. The molecule has 10 heteroatoms. The Morgan fingerprint density at radius 2 is 1.78 bits per heavy atom. The molecule has 0 aliphatic rings. The van der Waals surface area contributed by atoms with E-state index in [0.29, 0.717) is 33.7 Å². The molecule has 0 saturated heterocycles. The SMILES string of the molecule is CCc1ccc(-n2nnc(-c3nsc(NC(=O)c4cc(OC)cc(OC)c4)n3)c2C)cc1. The molecule has 1 amide bonds. The summed E-state index contributed by atoms with van der Waals surface area (Å²) in [5.41, 5.74) is 3.92. The predicted octanol–water partition coefficient (Wildman–Crippen LogP) is 3.93. The van der Waals surface area contributed by atoms with Crippen LogP contribution in [0.25, 0.3) is 17.2 Å². The second-order valence-corrected chi connectivity index (χ2v) is 7.69. The second-order valence-electron chi connectivity index (χ2n) is 6.93. The van der Waals surface area contributed by atoms with Crippen molar-refractivity contribution in [3.8, 4) is 28.7 Å². The molecule has 0 saturated carbocycles. The van der Waals surface area contributed by atoms with Crippen LogP contribution in [0.4, 0.5) is 5.13 Å². The zero-order valence-corrected chi connectivity index (χ0v) is 18.9. The number of hydrogen-bond acceptors (Lipinski definition) is 8. The van der Waals surface area contributed by atoms with Gasteiger partial charge in [0.15, 0.2) is 11.5 Å². The van der Waals surface area contributed by atoms with E-state index in [-0.39, 0.29) is 5.91 Å². The van der Waals surface area contributed by atoms with Crippen LogP contribution in [0.1, 0.15) is 28.5 Å². The lowest BCUT2D eigenvalue weighted by Crippen LogP contribution is -2.12. The Kier molecular flexibility index (Phi) is 6.13. The molecule has 32 heavy (non-hydrogen) atoms. The maximum absolute atomic E-state index is 12.7. The number of methoxy groups -OCH3 is 2. The Hall–Kier alpha value is -3.79. The van der Waals surface area contributed by atoms with E-state index in [0.717, 1.165) is 29.3 Å². The first-order chi connectivity index (χ1) is 15.5. The molecular formula is C22H22N6O3S. The summed E-state index contributed by atoms with van der Waals surface area (Å²) in [6, 6.07) is 13.1. The van der Waals surface area contributed by atoms with E-state index in [1.54, 1.807) is 22.9 Å². The van der Waals surface area contributed by atoms with Gasteiger partial charge in [0.25, 0.3) is 5.91 Å². The third kappa shape index (κ3) is 4.30. The summed E-state index contributed by atoms with van der Waals surface area (Å²) in [6.07, 6.45) is 0.974. The quantitative estimate of drug-likeness (QED) is 0.455. The number of benzene rings is 2. The molecule has 0 fully saturated rings. The minimum atomic E-state index is -0.346. The number of amides is 1. The van der Waals surface area contributed by atoms with Gasteiger partial charge in [0.05, 0.1) is 25.6 Å². The van der Waals surface area contributed by atoms with E-state index in [2.05, 4.69) is 44.0 Å². The van der Waals surface area contributed by atoms with Crippen LogP contribution >= 0.6 is 11.5 Å². The first kappa shape index (κ1) is 21.4. The van der Waals surface area contributed by atoms with Crippen LogP contribution in [0.2, 0.25) is 0 Å². The van der Waals surface area contributed by atoms with Crippen molar-refractivity contribution in [2.45, 2.75) is 20.3 Å². The topological polar surface area (TPSA) is 104 Å². The standard InChI is InChI=1S/C22H22N6O3S/c1-5-14-6-8-16(9-7-14)28-13(2)19(25-27-28)20-23-22(32-26-20)24-21(29)15-10-17(30-3)12-18(11-15)31-4/h6-12H,5H2,1-4H3,(H,23,24,26,29). The molecule has 0 spiro atoms. The maximum atomic E-state index is 12.7. The first-order valence-electron chi connectivity index (χ1n) is 9.92. The molecule has 4 aromatic rings. The normalized spacial score (nSPS) is 10.8. The van der Waals surface area contributed by atoms with Crippen molar-refractivity contribution < 1.29 is 14.3 Å². The van der Waals surface area contributed by atoms with E-state index in [9.17, 15) is 4.79 Å². The number of hydrogen-bond donors (Lipinski definition) is 1. The Labute approximate surface area is 189 Å². The molecule has 1 N–H and O–H groups in total. The summed E-state index contributed by atoms with van der Waals surface area (Å²) in [7, 11) is 3.06. The number of anilines is 1. The molecule has 0 aliphatic carbocycles. The van der Waals surface area contributed by atoms with Crippen molar-refractivity contribution in [3.05, 3.63) is 59.3 Å². The molecule has 0 bridgehead atoms. The van der Waals surface area contributed by atoms with E-state index in [1.165, 1.54) is 19.8 Å². The molecule has 0 atom stereocenters. The molecule has 2 aromatic carbocycles. The van der Waals surface area contributed by atoms with Gasteiger partial charge in [0, 0.05) is 23.2 Å². The van der Waals surface area contributed by atoms with Crippen molar-refractivity contribution in [3.63, 3.8) is 0 Å². The van der Waals surface area contributed by atoms with Crippen molar-refractivity contribution in [1.29, 1.82) is 0 Å². The summed E-state index contributed by atoms with van der Waals surface area (Å²) < 4.78 is 16.5. The minimum absolute atomic E-state index is 0.346. The zero-order valence-electron chi connectivity index (χ0n) is 18.1. The fourth-order valence-electron chi connectivity index (χ4n) is 3.13. The van der Waals surface area contributed by atoms with Crippen molar-refractivity contribution in [1.82, 2.24) is 24.4 Å². The Morgan fingerprint density at radius 3 is 2.41 bits per heavy atom. The van der Waals surface area contributed by atoms with Crippen LogP contribution in [0.15, 0.2) is 42.5 Å². The summed E-state index contributed by atoms with van der Waals surface area (Å²) >= 11 is 1.07. The van der Waals surface area contributed by atoms with Gasteiger partial charge in [-0.05, 0) is 43.2 Å². The van der Waals surface area contributed by atoms with Crippen molar-refractivity contribution in [2.24, 2.45) is 0 Å². The van der Waals surface area contributed by atoms with Gasteiger partial charge < -0.3 is 9.47 Å². The van der Waals surface area contributed by atoms with Crippen molar-refractivity contribution in [2.75, 3.05) is 19.5 Å². The number of carbonyl (C=O) groups excluding carboxylic acids is 1. The third-order valence-corrected chi connectivity index (χ3v) is 5.59. The number of carbonyl (C=O) groups is 1. The van der Waals surface area contributed by atoms with Gasteiger partial charge in [-0.15, -0.1) is 5.10 Å². The lowest BCUT2D eigenvalue weighted by molar-refractivity contribution is 0.102. The number of aromatic nitrogens is 5. The zero-order chi connectivity index (χ0) is 22.7. The molecule has 2 heterocycles. The average molecular weight is 451 g/mol. The number of nitrogens with one attached hydrogen (secondary N) is 1. The Bertz CT molecular complexity index is 1230. The van der Waals surface area contributed by atoms with Gasteiger partial charge in [-0.2, -0.15) is 9.36 Å². The van der Waals surface area contributed by atoms with Gasteiger partial charge in [-0.1, -0.05) is 24.3 Å². The smallest absolute Gasteiger partial charge is 0.257 e. The lowest BCUT2D eigenvalue weighted by Gasteiger charge is -2.07. The first-order valence-corrected chi connectivity index (χ1v) is 10.7. The second kappa shape index (κ2) is 9.15. The van der Waals surface area contributed by atoms with E-state index < -0.39 is 0 Å².